The zero-order valence-electron chi connectivity index (χ0n) is 20.7. The highest BCUT2D eigenvalue weighted by atomic mass is 35.5. The van der Waals surface area contributed by atoms with Gasteiger partial charge in [-0.05, 0) is 73.7 Å². The normalized spacial score (nSPS) is 11.2. The van der Waals surface area contributed by atoms with E-state index in [1.165, 1.54) is 0 Å². The summed E-state index contributed by atoms with van der Waals surface area (Å²) in [5.41, 5.74) is 1.60. The fraction of sp³-hybridized carbons (Fsp3) is 0.133. The number of amides is 2. The Kier molecular flexibility index (Phi) is 9.21. The van der Waals surface area contributed by atoms with Crippen molar-refractivity contribution in [3.05, 3.63) is 114 Å². The summed E-state index contributed by atoms with van der Waals surface area (Å²) in [4.78, 5) is 25.3. The number of benzene rings is 4. The quantitative estimate of drug-likeness (QED) is 0.217. The Hall–Kier alpha value is -4.49. The third-order valence-electron chi connectivity index (χ3n) is 5.38. The summed E-state index contributed by atoms with van der Waals surface area (Å²) < 4.78 is 17.0. The molecule has 0 bridgehead atoms. The Labute approximate surface area is 226 Å². The van der Waals surface area contributed by atoms with Crippen LogP contribution in [0, 0.1) is 0 Å². The average Bonchev–Trinajstić information content (AvgIpc) is 2.94. The Morgan fingerprint density at radius 3 is 2.05 bits per heavy atom. The number of carbonyl (C=O) groups excluding carboxylic acids is 2. The molecule has 4 aromatic rings. The van der Waals surface area contributed by atoms with Crippen molar-refractivity contribution in [2.24, 2.45) is 0 Å². The van der Waals surface area contributed by atoms with Gasteiger partial charge in [-0.3, -0.25) is 9.59 Å². The summed E-state index contributed by atoms with van der Waals surface area (Å²) in [6, 6.07) is 30.2. The maximum atomic E-state index is 12.7. The number of para-hydroxylation sites is 2. The molecule has 8 heteroatoms. The van der Waals surface area contributed by atoms with Crippen molar-refractivity contribution in [1.82, 2.24) is 0 Å². The minimum atomic E-state index is -0.756. The summed E-state index contributed by atoms with van der Waals surface area (Å²) in [5, 5.41) is 6.07. The fourth-order valence-corrected chi connectivity index (χ4v) is 3.61. The first-order valence-corrected chi connectivity index (χ1v) is 12.4. The number of anilines is 2. The van der Waals surface area contributed by atoms with E-state index in [-0.39, 0.29) is 11.8 Å². The molecule has 0 saturated carbocycles. The van der Waals surface area contributed by atoms with Gasteiger partial charge in [0.1, 0.15) is 30.5 Å². The molecule has 2 N–H and O–H groups in total. The van der Waals surface area contributed by atoms with Gasteiger partial charge in [0, 0.05) is 16.9 Å². The molecule has 7 nitrogen and oxygen atoms in total. The second kappa shape index (κ2) is 13.2. The largest absolute Gasteiger partial charge is 0.490 e. The topological polar surface area (TPSA) is 85.9 Å². The van der Waals surface area contributed by atoms with E-state index < -0.39 is 6.10 Å². The van der Waals surface area contributed by atoms with Crippen molar-refractivity contribution in [3.63, 3.8) is 0 Å². The first kappa shape index (κ1) is 26.6. The molecule has 0 fully saturated rings. The van der Waals surface area contributed by atoms with Gasteiger partial charge in [0.05, 0.1) is 5.02 Å². The van der Waals surface area contributed by atoms with Crippen molar-refractivity contribution in [1.29, 1.82) is 0 Å². The fourth-order valence-electron chi connectivity index (χ4n) is 3.43. The second-order valence-electron chi connectivity index (χ2n) is 8.25. The molecule has 0 aliphatic rings. The summed E-state index contributed by atoms with van der Waals surface area (Å²) in [6.45, 7) is 2.37. The van der Waals surface area contributed by atoms with Crippen LogP contribution in [0.2, 0.25) is 5.02 Å². The van der Waals surface area contributed by atoms with Gasteiger partial charge in [-0.15, -0.1) is 0 Å². The predicted molar refractivity (Wildman–Crippen MR) is 148 cm³/mol. The van der Waals surface area contributed by atoms with E-state index in [1.807, 2.05) is 30.3 Å². The van der Waals surface area contributed by atoms with Gasteiger partial charge < -0.3 is 24.8 Å². The number of halogens is 1. The third kappa shape index (κ3) is 7.75. The van der Waals surface area contributed by atoms with Gasteiger partial charge in [-0.1, -0.05) is 48.0 Å². The maximum absolute atomic E-state index is 12.7. The van der Waals surface area contributed by atoms with Crippen LogP contribution in [0.4, 0.5) is 11.4 Å². The van der Waals surface area contributed by atoms with E-state index >= 15 is 0 Å². The lowest BCUT2D eigenvalue weighted by Crippen LogP contribution is -2.30. The van der Waals surface area contributed by atoms with Gasteiger partial charge in [0.15, 0.2) is 6.10 Å². The Balaban J connectivity index is 1.25. The lowest BCUT2D eigenvalue weighted by molar-refractivity contribution is -0.122. The molecule has 4 rings (SSSR count). The Morgan fingerprint density at radius 2 is 1.34 bits per heavy atom. The summed E-state index contributed by atoms with van der Waals surface area (Å²) in [7, 11) is 0. The van der Waals surface area contributed by atoms with Crippen LogP contribution < -0.4 is 24.8 Å². The molecule has 4 aromatic carbocycles. The number of hydrogen-bond acceptors (Lipinski definition) is 5. The van der Waals surface area contributed by atoms with E-state index in [2.05, 4.69) is 10.6 Å². The van der Waals surface area contributed by atoms with E-state index in [1.54, 1.807) is 79.7 Å². The van der Waals surface area contributed by atoms with E-state index in [0.29, 0.717) is 46.7 Å². The van der Waals surface area contributed by atoms with Crippen LogP contribution in [0.25, 0.3) is 0 Å². The highest BCUT2D eigenvalue weighted by Gasteiger charge is 2.16. The van der Waals surface area contributed by atoms with Crippen LogP contribution in [-0.4, -0.2) is 31.1 Å². The molecular weight excluding hydrogens is 504 g/mol. The summed E-state index contributed by atoms with van der Waals surface area (Å²) >= 11 is 6.09. The molecule has 194 valence electrons. The van der Waals surface area contributed by atoms with Gasteiger partial charge in [0.2, 0.25) is 0 Å². The number of nitrogens with one attached hydrogen (secondary N) is 2. The number of ether oxygens (including phenoxy) is 3. The minimum Gasteiger partial charge on any atom is -0.490 e. The number of carbonyl (C=O) groups is 2. The van der Waals surface area contributed by atoms with Gasteiger partial charge >= 0.3 is 0 Å². The van der Waals surface area contributed by atoms with Gasteiger partial charge in [-0.2, -0.15) is 0 Å². The molecular formula is C30H27ClN2O5. The van der Waals surface area contributed by atoms with E-state index in [0.717, 1.165) is 5.75 Å². The molecule has 1 unspecified atom stereocenters. The standard InChI is InChI=1S/C30H27ClN2O5/c1-21(38-28-13-6-5-12-27(28)31)29(34)32-23-14-16-24(17-15-23)33-30(35)22-8-7-11-26(20-22)37-19-18-36-25-9-3-2-4-10-25/h2-17,20-21H,18-19H2,1H3,(H,32,34)(H,33,35). The third-order valence-corrected chi connectivity index (χ3v) is 5.69. The van der Waals surface area contributed by atoms with Crippen molar-refractivity contribution < 1.29 is 23.8 Å². The average molecular weight is 531 g/mol. The molecule has 2 amide bonds. The molecule has 38 heavy (non-hydrogen) atoms. The number of rotatable bonds is 11. The van der Waals surface area contributed by atoms with Crippen LogP contribution in [0.5, 0.6) is 17.2 Å². The molecule has 0 radical (unpaired) electrons. The van der Waals surface area contributed by atoms with Crippen molar-refractivity contribution in [3.8, 4) is 17.2 Å². The number of hydrogen-bond donors (Lipinski definition) is 2. The smallest absolute Gasteiger partial charge is 0.265 e. The molecule has 0 spiro atoms. The van der Waals surface area contributed by atoms with Crippen LogP contribution in [-0.2, 0) is 4.79 Å². The van der Waals surface area contributed by atoms with Crippen molar-refractivity contribution in [2.45, 2.75) is 13.0 Å². The molecule has 0 aliphatic heterocycles. The summed E-state index contributed by atoms with van der Waals surface area (Å²) in [5.74, 6) is 1.17. The van der Waals surface area contributed by atoms with Gasteiger partial charge in [0.25, 0.3) is 11.8 Å². The lowest BCUT2D eigenvalue weighted by Gasteiger charge is -2.16. The monoisotopic (exact) mass is 530 g/mol. The highest BCUT2D eigenvalue weighted by Crippen LogP contribution is 2.24. The molecule has 0 aromatic heterocycles. The van der Waals surface area contributed by atoms with Crippen LogP contribution in [0.1, 0.15) is 17.3 Å². The molecule has 0 saturated heterocycles. The summed E-state index contributed by atoms with van der Waals surface area (Å²) in [6.07, 6.45) is -0.756. The molecule has 0 heterocycles. The van der Waals surface area contributed by atoms with E-state index in [4.69, 9.17) is 25.8 Å². The van der Waals surface area contributed by atoms with Crippen LogP contribution in [0.3, 0.4) is 0 Å². The first-order chi connectivity index (χ1) is 18.5. The Morgan fingerprint density at radius 1 is 0.737 bits per heavy atom. The molecule has 1 atom stereocenters. The van der Waals surface area contributed by atoms with Crippen molar-refractivity contribution >= 4 is 34.8 Å². The molecule has 0 aliphatic carbocycles. The predicted octanol–water partition coefficient (Wildman–Crippen LogP) is 6.46. The first-order valence-electron chi connectivity index (χ1n) is 12.0. The van der Waals surface area contributed by atoms with Crippen LogP contribution in [0.15, 0.2) is 103 Å². The Bertz CT molecular complexity index is 1360. The zero-order chi connectivity index (χ0) is 26.7. The lowest BCUT2D eigenvalue weighted by atomic mass is 10.2. The van der Waals surface area contributed by atoms with Crippen molar-refractivity contribution in [2.75, 3.05) is 23.8 Å². The van der Waals surface area contributed by atoms with E-state index in [9.17, 15) is 9.59 Å². The maximum Gasteiger partial charge on any atom is 0.265 e. The van der Waals surface area contributed by atoms with Gasteiger partial charge in [-0.25, -0.2) is 0 Å². The minimum absolute atomic E-state index is 0.283. The second-order valence-corrected chi connectivity index (χ2v) is 8.66. The SMILES string of the molecule is CC(Oc1ccccc1Cl)C(=O)Nc1ccc(NC(=O)c2cccc(OCCOc3ccccc3)c2)cc1. The zero-order valence-corrected chi connectivity index (χ0v) is 21.5. The highest BCUT2D eigenvalue weighted by molar-refractivity contribution is 6.32. The van der Waals surface area contributed by atoms with Crippen LogP contribution >= 0.6 is 11.6 Å².